The van der Waals surface area contributed by atoms with Crippen LogP contribution in [0, 0.1) is 0 Å². The standard InChI is InChI=1S/C21H17N3O3S/c25-21(27-14-13-26-17-10-5-2-6-11-17)19-22-20(18-12-7-15-28-18)24(23-19)16-8-3-1-4-9-16/h1-12,15H,13-14H2. The molecule has 0 saturated heterocycles. The van der Waals surface area contributed by atoms with Crippen LogP contribution in [-0.2, 0) is 4.74 Å². The van der Waals surface area contributed by atoms with E-state index in [1.165, 1.54) is 11.3 Å². The summed E-state index contributed by atoms with van der Waals surface area (Å²) in [5.41, 5.74) is 0.824. The van der Waals surface area contributed by atoms with E-state index in [-0.39, 0.29) is 19.0 Å². The maximum Gasteiger partial charge on any atom is 0.378 e. The molecule has 140 valence electrons. The van der Waals surface area contributed by atoms with Gasteiger partial charge in [0, 0.05) is 0 Å². The van der Waals surface area contributed by atoms with Gasteiger partial charge in [0.15, 0.2) is 5.82 Å². The molecule has 6 nitrogen and oxygen atoms in total. The zero-order chi connectivity index (χ0) is 19.2. The molecule has 0 atom stereocenters. The Hall–Kier alpha value is -3.45. The summed E-state index contributed by atoms with van der Waals surface area (Å²) in [7, 11) is 0. The largest absolute Gasteiger partial charge is 0.490 e. The van der Waals surface area contributed by atoms with Crippen LogP contribution >= 0.6 is 11.3 Å². The SMILES string of the molecule is O=C(OCCOc1ccccc1)c1nc(-c2cccs2)n(-c2ccccc2)n1. The highest BCUT2D eigenvalue weighted by atomic mass is 32.1. The lowest BCUT2D eigenvalue weighted by molar-refractivity contribution is 0.0436. The molecule has 0 aliphatic heterocycles. The molecule has 2 aromatic carbocycles. The Labute approximate surface area is 166 Å². The average Bonchev–Trinajstić information content (AvgIpc) is 3.42. The van der Waals surface area contributed by atoms with Gasteiger partial charge in [0.1, 0.15) is 19.0 Å². The van der Waals surface area contributed by atoms with Gasteiger partial charge in [0.05, 0.1) is 10.6 Å². The normalized spacial score (nSPS) is 10.6. The van der Waals surface area contributed by atoms with Crippen LogP contribution in [0.3, 0.4) is 0 Å². The average molecular weight is 391 g/mol. The summed E-state index contributed by atoms with van der Waals surface area (Å²) in [4.78, 5) is 17.7. The van der Waals surface area contributed by atoms with Gasteiger partial charge >= 0.3 is 5.97 Å². The van der Waals surface area contributed by atoms with E-state index in [9.17, 15) is 4.79 Å². The first kappa shape index (κ1) is 17.9. The van der Waals surface area contributed by atoms with Crippen molar-refractivity contribution in [1.82, 2.24) is 14.8 Å². The van der Waals surface area contributed by atoms with Gasteiger partial charge in [-0.3, -0.25) is 0 Å². The van der Waals surface area contributed by atoms with E-state index in [1.54, 1.807) is 4.68 Å². The maximum atomic E-state index is 12.4. The van der Waals surface area contributed by atoms with E-state index in [1.807, 2.05) is 78.2 Å². The number of esters is 1. The van der Waals surface area contributed by atoms with Crippen molar-refractivity contribution in [1.29, 1.82) is 0 Å². The minimum absolute atomic E-state index is 0.0203. The van der Waals surface area contributed by atoms with Crippen molar-refractivity contribution >= 4 is 17.3 Å². The molecular formula is C21H17N3O3S. The van der Waals surface area contributed by atoms with E-state index in [0.29, 0.717) is 5.82 Å². The second kappa shape index (κ2) is 8.49. The number of carbonyl (C=O) groups excluding carboxylic acids is 1. The summed E-state index contributed by atoms with van der Waals surface area (Å²) in [6.07, 6.45) is 0. The molecule has 0 aliphatic carbocycles. The number of carbonyl (C=O) groups is 1. The molecule has 0 fully saturated rings. The van der Waals surface area contributed by atoms with E-state index < -0.39 is 5.97 Å². The van der Waals surface area contributed by atoms with Crippen LogP contribution in [0.25, 0.3) is 16.4 Å². The predicted octanol–water partition coefficient (Wildman–Crippen LogP) is 4.23. The number of rotatable bonds is 7. The van der Waals surface area contributed by atoms with Crippen LogP contribution in [0.5, 0.6) is 5.75 Å². The Morgan fingerprint density at radius 1 is 0.929 bits per heavy atom. The molecule has 0 bridgehead atoms. The second-order valence-electron chi connectivity index (χ2n) is 5.78. The summed E-state index contributed by atoms with van der Waals surface area (Å²) in [6.45, 7) is 0.370. The number of nitrogens with zero attached hydrogens (tertiary/aromatic N) is 3. The van der Waals surface area contributed by atoms with Crippen molar-refractivity contribution in [3.8, 4) is 22.1 Å². The van der Waals surface area contributed by atoms with Crippen LogP contribution < -0.4 is 4.74 Å². The minimum atomic E-state index is -0.579. The highest BCUT2D eigenvalue weighted by Crippen LogP contribution is 2.25. The first-order valence-electron chi connectivity index (χ1n) is 8.72. The van der Waals surface area contributed by atoms with Crippen LogP contribution in [0.4, 0.5) is 0 Å². The predicted molar refractivity (Wildman–Crippen MR) is 107 cm³/mol. The van der Waals surface area contributed by atoms with Gasteiger partial charge in [-0.2, -0.15) is 4.98 Å². The molecule has 0 radical (unpaired) electrons. The summed E-state index contributed by atoms with van der Waals surface area (Å²) in [5.74, 6) is 0.773. The maximum absolute atomic E-state index is 12.4. The van der Waals surface area contributed by atoms with Crippen molar-refractivity contribution in [2.75, 3.05) is 13.2 Å². The Kier molecular flexibility index (Phi) is 5.44. The van der Waals surface area contributed by atoms with Gasteiger partial charge in [-0.1, -0.05) is 42.5 Å². The van der Waals surface area contributed by atoms with Crippen LogP contribution in [-0.4, -0.2) is 33.9 Å². The molecule has 0 N–H and O–H groups in total. The van der Waals surface area contributed by atoms with Gasteiger partial charge in [0.25, 0.3) is 5.82 Å². The summed E-state index contributed by atoms with van der Waals surface area (Å²) >= 11 is 1.53. The molecule has 0 amide bonds. The summed E-state index contributed by atoms with van der Waals surface area (Å²) < 4.78 is 12.5. The minimum Gasteiger partial charge on any atom is -0.490 e. The van der Waals surface area contributed by atoms with Crippen molar-refractivity contribution in [3.63, 3.8) is 0 Å². The first-order chi connectivity index (χ1) is 13.8. The number of hydrogen-bond donors (Lipinski definition) is 0. The smallest absolute Gasteiger partial charge is 0.378 e. The molecule has 2 aromatic heterocycles. The molecule has 0 aliphatic rings. The Morgan fingerprint density at radius 2 is 1.68 bits per heavy atom. The fourth-order valence-electron chi connectivity index (χ4n) is 2.59. The molecule has 2 heterocycles. The van der Waals surface area contributed by atoms with E-state index in [4.69, 9.17) is 9.47 Å². The molecule has 4 rings (SSSR count). The monoisotopic (exact) mass is 391 g/mol. The number of hydrogen-bond acceptors (Lipinski definition) is 6. The fraction of sp³-hybridized carbons (Fsp3) is 0.0952. The molecule has 0 unspecified atom stereocenters. The van der Waals surface area contributed by atoms with Gasteiger partial charge in [-0.25, -0.2) is 9.48 Å². The van der Waals surface area contributed by atoms with E-state index in [2.05, 4.69) is 10.1 Å². The number of benzene rings is 2. The number of para-hydroxylation sites is 2. The van der Waals surface area contributed by atoms with E-state index in [0.717, 1.165) is 16.3 Å². The Bertz CT molecular complexity index is 1030. The number of thiophene rings is 1. The first-order valence-corrected chi connectivity index (χ1v) is 9.60. The number of aromatic nitrogens is 3. The quantitative estimate of drug-likeness (QED) is 0.348. The van der Waals surface area contributed by atoms with Crippen LogP contribution in [0.15, 0.2) is 78.2 Å². The number of ether oxygens (including phenoxy) is 2. The van der Waals surface area contributed by atoms with Crippen molar-refractivity contribution in [2.24, 2.45) is 0 Å². The molecule has 28 heavy (non-hydrogen) atoms. The molecular weight excluding hydrogens is 374 g/mol. The third kappa shape index (κ3) is 4.10. The highest BCUT2D eigenvalue weighted by Gasteiger charge is 2.20. The van der Waals surface area contributed by atoms with Gasteiger partial charge in [0.2, 0.25) is 0 Å². The Morgan fingerprint density at radius 3 is 2.39 bits per heavy atom. The van der Waals surface area contributed by atoms with E-state index >= 15 is 0 Å². The second-order valence-corrected chi connectivity index (χ2v) is 6.73. The van der Waals surface area contributed by atoms with Gasteiger partial charge in [-0.05, 0) is 35.7 Å². The van der Waals surface area contributed by atoms with Crippen molar-refractivity contribution in [2.45, 2.75) is 0 Å². The van der Waals surface area contributed by atoms with Crippen molar-refractivity contribution in [3.05, 3.63) is 84.0 Å². The molecule has 4 aromatic rings. The lowest BCUT2D eigenvalue weighted by atomic mass is 10.3. The molecule has 7 heteroatoms. The van der Waals surface area contributed by atoms with Crippen LogP contribution in [0.2, 0.25) is 0 Å². The zero-order valence-electron chi connectivity index (χ0n) is 14.9. The Balaban J connectivity index is 1.47. The fourth-order valence-corrected chi connectivity index (χ4v) is 3.29. The topological polar surface area (TPSA) is 66.2 Å². The zero-order valence-corrected chi connectivity index (χ0v) is 15.7. The summed E-state index contributed by atoms with van der Waals surface area (Å²) in [6, 6.07) is 22.8. The summed E-state index contributed by atoms with van der Waals surface area (Å²) in [5, 5.41) is 6.33. The molecule has 0 saturated carbocycles. The molecule has 0 spiro atoms. The lowest BCUT2D eigenvalue weighted by Crippen LogP contribution is -2.14. The van der Waals surface area contributed by atoms with Crippen LogP contribution in [0.1, 0.15) is 10.6 Å². The highest BCUT2D eigenvalue weighted by molar-refractivity contribution is 7.13. The lowest BCUT2D eigenvalue weighted by Gasteiger charge is -2.05. The van der Waals surface area contributed by atoms with Gasteiger partial charge < -0.3 is 9.47 Å². The third-order valence-electron chi connectivity index (χ3n) is 3.86. The third-order valence-corrected chi connectivity index (χ3v) is 4.73. The van der Waals surface area contributed by atoms with Crippen molar-refractivity contribution < 1.29 is 14.3 Å². The van der Waals surface area contributed by atoms with Gasteiger partial charge in [-0.15, -0.1) is 16.4 Å².